The van der Waals surface area contributed by atoms with Crippen LogP contribution in [0.15, 0.2) is 40.2 Å². The van der Waals surface area contributed by atoms with E-state index >= 15 is 0 Å². The van der Waals surface area contributed by atoms with E-state index in [1.807, 2.05) is 0 Å². The molecule has 0 aliphatic rings. The number of alkyl halides is 3. The van der Waals surface area contributed by atoms with Gasteiger partial charge in [-0.05, 0) is 24.3 Å². The number of hydrogen-bond donors (Lipinski definition) is 1. The van der Waals surface area contributed by atoms with Crippen molar-refractivity contribution in [3.63, 3.8) is 0 Å². The van der Waals surface area contributed by atoms with Crippen molar-refractivity contribution in [2.24, 2.45) is 0 Å². The molecule has 0 fully saturated rings. The minimum absolute atomic E-state index is 0.0338. The first kappa shape index (κ1) is 14.4. The van der Waals surface area contributed by atoms with Crippen LogP contribution in [0.3, 0.4) is 0 Å². The second-order valence-electron chi connectivity index (χ2n) is 3.80. The van der Waals surface area contributed by atoms with Gasteiger partial charge in [0, 0.05) is 6.20 Å². The summed E-state index contributed by atoms with van der Waals surface area (Å²) < 4.78 is 44.1. The molecular formula is C12H9F3N2O2S. The molecule has 1 aromatic heterocycles. The number of benzene rings is 1. The summed E-state index contributed by atoms with van der Waals surface area (Å²) >= 11 is 3.81. The van der Waals surface area contributed by atoms with Crippen molar-refractivity contribution in [3.8, 4) is 11.4 Å². The highest BCUT2D eigenvalue weighted by atomic mass is 32.1. The standard InChI is InChI=1S/C12H9F3N2O2S/c1-19-8-4-2-7(3-5-8)17-10(18)9(20)6-16-11(17)12(13,14)15/h2-6,20H,1H3. The van der Waals surface area contributed by atoms with Crippen molar-refractivity contribution in [2.75, 3.05) is 7.11 Å². The summed E-state index contributed by atoms with van der Waals surface area (Å²) in [6.45, 7) is 0. The van der Waals surface area contributed by atoms with Crippen molar-refractivity contribution in [1.29, 1.82) is 0 Å². The monoisotopic (exact) mass is 302 g/mol. The Morgan fingerprint density at radius 1 is 1.25 bits per heavy atom. The third-order valence-corrected chi connectivity index (χ3v) is 2.83. The minimum atomic E-state index is -4.75. The lowest BCUT2D eigenvalue weighted by Crippen LogP contribution is -2.28. The first-order chi connectivity index (χ1) is 9.34. The van der Waals surface area contributed by atoms with Gasteiger partial charge in [-0.3, -0.25) is 9.36 Å². The molecule has 0 spiro atoms. The van der Waals surface area contributed by atoms with Crippen LogP contribution in [0.2, 0.25) is 0 Å². The molecule has 2 aromatic rings. The smallest absolute Gasteiger partial charge is 0.450 e. The van der Waals surface area contributed by atoms with E-state index in [1.54, 1.807) is 0 Å². The Morgan fingerprint density at radius 2 is 1.85 bits per heavy atom. The molecule has 0 saturated carbocycles. The molecule has 1 aromatic carbocycles. The van der Waals surface area contributed by atoms with E-state index in [9.17, 15) is 18.0 Å². The number of thiol groups is 1. The first-order valence-corrected chi connectivity index (χ1v) is 5.82. The molecule has 4 nitrogen and oxygen atoms in total. The Kier molecular flexibility index (Phi) is 3.76. The topological polar surface area (TPSA) is 44.1 Å². The zero-order chi connectivity index (χ0) is 14.9. The number of ether oxygens (including phenoxy) is 1. The van der Waals surface area contributed by atoms with Gasteiger partial charge < -0.3 is 4.74 Å². The van der Waals surface area contributed by atoms with Gasteiger partial charge in [0.1, 0.15) is 5.75 Å². The van der Waals surface area contributed by atoms with E-state index < -0.39 is 17.6 Å². The van der Waals surface area contributed by atoms with Gasteiger partial charge in [-0.25, -0.2) is 4.98 Å². The summed E-state index contributed by atoms with van der Waals surface area (Å²) in [6, 6.07) is 5.58. The third kappa shape index (κ3) is 2.64. The molecule has 106 valence electrons. The number of aromatic nitrogens is 2. The molecular weight excluding hydrogens is 293 g/mol. The van der Waals surface area contributed by atoms with E-state index in [-0.39, 0.29) is 10.6 Å². The molecule has 0 amide bonds. The van der Waals surface area contributed by atoms with Gasteiger partial charge in [0.2, 0.25) is 5.82 Å². The van der Waals surface area contributed by atoms with E-state index in [0.717, 1.165) is 6.20 Å². The molecule has 0 aliphatic heterocycles. The molecule has 0 unspecified atom stereocenters. The summed E-state index contributed by atoms with van der Waals surface area (Å²) in [7, 11) is 1.43. The van der Waals surface area contributed by atoms with Crippen LogP contribution in [-0.2, 0) is 6.18 Å². The molecule has 0 radical (unpaired) electrons. The van der Waals surface area contributed by atoms with Gasteiger partial charge in [-0.1, -0.05) is 0 Å². The fraction of sp³-hybridized carbons (Fsp3) is 0.167. The zero-order valence-electron chi connectivity index (χ0n) is 10.2. The second kappa shape index (κ2) is 5.20. The SMILES string of the molecule is COc1ccc(-n2c(C(F)(F)F)ncc(S)c2=O)cc1. The lowest BCUT2D eigenvalue weighted by atomic mass is 10.3. The number of nitrogens with zero attached hydrogens (tertiary/aromatic N) is 2. The van der Waals surface area contributed by atoms with Gasteiger partial charge in [0.05, 0.1) is 17.7 Å². The Balaban J connectivity index is 2.70. The minimum Gasteiger partial charge on any atom is -0.497 e. The summed E-state index contributed by atoms with van der Waals surface area (Å²) in [6.07, 6.45) is -3.96. The maximum atomic E-state index is 12.9. The fourth-order valence-corrected chi connectivity index (χ4v) is 1.77. The van der Waals surface area contributed by atoms with Crippen molar-refractivity contribution < 1.29 is 17.9 Å². The van der Waals surface area contributed by atoms with Gasteiger partial charge in [-0.2, -0.15) is 13.2 Å². The number of hydrogen-bond acceptors (Lipinski definition) is 4. The van der Waals surface area contributed by atoms with Crippen LogP contribution in [0.25, 0.3) is 5.69 Å². The molecule has 0 bridgehead atoms. The lowest BCUT2D eigenvalue weighted by Gasteiger charge is -2.14. The molecule has 20 heavy (non-hydrogen) atoms. The lowest BCUT2D eigenvalue weighted by molar-refractivity contribution is -0.146. The molecule has 0 saturated heterocycles. The summed E-state index contributed by atoms with van der Waals surface area (Å²) in [4.78, 5) is 15.0. The van der Waals surface area contributed by atoms with Crippen LogP contribution in [-0.4, -0.2) is 16.7 Å². The Morgan fingerprint density at radius 3 is 2.35 bits per heavy atom. The molecule has 0 N–H and O–H groups in total. The average molecular weight is 302 g/mol. The van der Waals surface area contributed by atoms with Crippen molar-refractivity contribution in [2.45, 2.75) is 11.1 Å². The van der Waals surface area contributed by atoms with E-state index in [1.165, 1.54) is 31.4 Å². The van der Waals surface area contributed by atoms with E-state index in [4.69, 9.17) is 4.74 Å². The Labute approximate surface area is 117 Å². The molecule has 0 aliphatic carbocycles. The highest BCUT2D eigenvalue weighted by Crippen LogP contribution is 2.29. The summed E-state index contributed by atoms with van der Waals surface area (Å²) in [5.74, 6) is -0.837. The average Bonchev–Trinajstić information content (AvgIpc) is 2.40. The Hall–Kier alpha value is -1.96. The normalized spacial score (nSPS) is 11.4. The van der Waals surface area contributed by atoms with Crippen molar-refractivity contribution in [3.05, 3.63) is 46.6 Å². The van der Waals surface area contributed by atoms with Gasteiger partial charge >= 0.3 is 6.18 Å². The second-order valence-corrected chi connectivity index (χ2v) is 4.29. The maximum absolute atomic E-state index is 12.9. The van der Waals surface area contributed by atoms with Crippen LogP contribution in [0.1, 0.15) is 5.82 Å². The largest absolute Gasteiger partial charge is 0.497 e. The van der Waals surface area contributed by atoms with Crippen LogP contribution >= 0.6 is 12.6 Å². The van der Waals surface area contributed by atoms with Crippen molar-refractivity contribution >= 4 is 12.6 Å². The van der Waals surface area contributed by atoms with Crippen LogP contribution in [0.4, 0.5) is 13.2 Å². The summed E-state index contributed by atoms with van der Waals surface area (Å²) in [5.41, 5.74) is -0.854. The molecule has 1 heterocycles. The molecule has 8 heteroatoms. The molecule has 2 rings (SSSR count). The highest BCUT2D eigenvalue weighted by Gasteiger charge is 2.37. The predicted molar refractivity (Wildman–Crippen MR) is 68.6 cm³/mol. The van der Waals surface area contributed by atoms with E-state index in [0.29, 0.717) is 10.3 Å². The quantitative estimate of drug-likeness (QED) is 0.867. The fourth-order valence-electron chi connectivity index (χ4n) is 1.62. The molecule has 0 atom stereocenters. The van der Waals surface area contributed by atoms with Crippen molar-refractivity contribution in [1.82, 2.24) is 9.55 Å². The number of methoxy groups -OCH3 is 1. The zero-order valence-corrected chi connectivity index (χ0v) is 11.1. The first-order valence-electron chi connectivity index (χ1n) is 5.37. The maximum Gasteiger partial charge on any atom is 0.450 e. The van der Waals surface area contributed by atoms with Crippen LogP contribution in [0.5, 0.6) is 5.75 Å². The Bertz CT molecular complexity index is 681. The van der Waals surface area contributed by atoms with Gasteiger partial charge in [0.15, 0.2) is 0 Å². The van der Waals surface area contributed by atoms with Crippen LogP contribution < -0.4 is 10.3 Å². The predicted octanol–water partition coefficient (Wildman–Crippen LogP) is 2.55. The van der Waals surface area contributed by atoms with Gasteiger partial charge in [0.25, 0.3) is 5.56 Å². The van der Waals surface area contributed by atoms with E-state index in [2.05, 4.69) is 17.6 Å². The highest BCUT2D eigenvalue weighted by molar-refractivity contribution is 7.80. The van der Waals surface area contributed by atoms with Gasteiger partial charge in [-0.15, -0.1) is 12.6 Å². The summed E-state index contributed by atoms with van der Waals surface area (Å²) in [5, 5.41) is 0. The number of rotatable bonds is 2. The van der Waals surface area contributed by atoms with Crippen LogP contribution in [0, 0.1) is 0 Å². The third-order valence-electron chi connectivity index (χ3n) is 2.53. The number of halogens is 3.